The van der Waals surface area contributed by atoms with Crippen molar-refractivity contribution < 1.29 is 0 Å². The first kappa shape index (κ1) is 15.3. The van der Waals surface area contributed by atoms with E-state index >= 15 is 0 Å². The summed E-state index contributed by atoms with van der Waals surface area (Å²) in [5, 5.41) is 3.11. The Labute approximate surface area is 136 Å². The Kier molecular flexibility index (Phi) is 3.94. The Morgan fingerprint density at radius 3 is 2.70 bits per heavy atom. The molecular formula is C18H22N4O. The minimum atomic E-state index is -0.0631. The van der Waals surface area contributed by atoms with Crippen molar-refractivity contribution in [3.05, 3.63) is 70.4 Å². The monoisotopic (exact) mass is 310 g/mol. The fraction of sp³-hybridized carbons (Fsp3) is 0.333. The summed E-state index contributed by atoms with van der Waals surface area (Å²) in [6.07, 6.45) is 12.0. The third-order valence-electron chi connectivity index (χ3n) is 3.97. The summed E-state index contributed by atoms with van der Waals surface area (Å²) in [5.74, 6) is 0.881. The lowest BCUT2D eigenvalue weighted by Gasteiger charge is -2.39. The summed E-state index contributed by atoms with van der Waals surface area (Å²) in [4.78, 5) is 19.0. The standard InChI is InChI=1S/C18H22N4O/c1-18(2,3)21-11-5-4-6-16(21)22-17(23)15(13-20-22)12-14-7-9-19-10-8-14/h4-10,13,20H,11-12H2,1-3H3. The van der Waals surface area contributed by atoms with Gasteiger partial charge in [0.2, 0.25) is 0 Å². The Morgan fingerprint density at radius 2 is 2.00 bits per heavy atom. The Balaban J connectivity index is 1.94. The van der Waals surface area contributed by atoms with E-state index in [-0.39, 0.29) is 11.1 Å². The van der Waals surface area contributed by atoms with Gasteiger partial charge in [-0.15, -0.1) is 0 Å². The van der Waals surface area contributed by atoms with E-state index in [4.69, 9.17) is 0 Å². The minimum absolute atomic E-state index is 0.00221. The number of H-pyrrole nitrogens is 1. The fourth-order valence-corrected chi connectivity index (χ4v) is 2.74. The molecule has 0 spiro atoms. The van der Waals surface area contributed by atoms with Crippen molar-refractivity contribution in [3.63, 3.8) is 0 Å². The van der Waals surface area contributed by atoms with Gasteiger partial charge in [0.05, 0.1) is 0 Å². The molecule has 0 aromatic carbocycles. The van der Waals surface area contributed by atoms with Gasteiger partial charge in [0.15, 0.2) is 0 Å². The third-order valence-corrected chi connectivity index (χ3v) is 3.97. The SMILES string of the molecule is CC(C)(C)N1CC=CC=C1n1[nH]cc(Cc2ccncc2)c1=O. The molecule has 5 nitrogen and oxygen atoms in total. The summed E-state index contributed by atoms with van der Waals surface area (Å²) >= 11 is 0. The molecule has 3 heterocycles. The predicted molar refractivity (Wildman–Crippen MR) is 92.0 cm³/mol. The maximum Gasteiger partial charge on any atom is 0.276 e. The van der Waals surface area contributed by atoms with Gasteiger partial charge in [0.1, 0.15) is 5.82 Å². The van der Waals surface area contributed by atoms with Crippen molar-refractivity contribution in [2.45, 2.75) is 32.7 Å². The van der Waals surface area contributed by atoms with Crippen LogP contribution in [0.5, 0.6) is 0 Å². The molecule has 120 valence electrons. The van der Waals surface area contributed by atoms with E-state index in [0.29, 0.717) is 6.42 Å². The number of nitrogens with zero attached hydrogens (tertiary/aromatic N) is 3. The molecular weight excluding hydrogens is 288 g/mol. The molecule has 0 atom stereocenters. The zero-order valence-corrected chi connectivity index (χ0v) is 13.8. The summed E-state index contributed by atoms with van der Waals surface area (Å²) in [6, 6.07) is 3.86. The molecule has 0 saturated heterocycles. The number of allylic oxidation sites excluding steroid dienone is 2. The van der Waals surface area contributed by atoms with Crippen molar-refractivity contribution in [3.8, 4) is 0 Å². The van der Waals surface area contributed by atoms with Crippen LogP contribution >= 0.6 is 0 Å². The second-order valence-electron chi connectivity index (χ2n) is 6.71. The highest BCUT2D eigenvalue weighted by atomic mass is 16.1. The van der Waals surface area contributed by atoms with Crippen molar-refractivity contribution in [1.82, 2.24) is 19.7 Å². The number of hydrogen-bond donors (Lipinski definition) is 1. The van der Waals surface area contributed by atoms with E-state index in [9.17, 15) is 4.79 Å². The smallest absolute Gasteiger partial charge is 0.276 e. The summed E-state index contributed by atoms with van der Waals surface area (Å²) < 4.78 is 1.63. The van der Waals surface area contributed by atoms with E-state index in [1.54, 1.807) is 23.3 Å². The molecule has 0 aliphatic carbocycles. The van der Waals surface area contributed by atoms with Crippen LogP contribution in [0.2, 0.25) is 0 Å². The highest BCUT2D eigenvalue weighted by Crippen LogP contribution is 2.24. The number of nitrogens with one attached hydrogen (secondary N) is 1. The Morgan fingerprint density at radius 1 is 1.26 bits per heavy atom. The van der Waals surface area contributed by atoms with E-state index in [1.807, 2.05) is 24.3 Å². The van der Waals surface area contributed by atoms with Gasteiger partial charge in [-0.05, 0) is 44.5 Å². The van der Waals surface area contributed by atoms with Crippen LogP contribution in [0.15, 0.2) is 53.7 Å². The van der Waals surface area contributed by atoms with E-state index < -0.39 is 0 Å². The van der Waals surface area contributed by atoms with E-state index in [2.05, 4.69) is 41.8 Å². The molecule has 0 amide bonds. The van der Waals surface area contributed by atoms with Gasteiger partial charge in [0, 0.05) is 42.7 Å². The van der Waals surface area contributed by atoms with Gasteiger partial charge < -0.3 is 4.90 Å². The van der Waals surface area contributed by atoms with E-state index in [1.165, 1.54) is 0 Å². The van der Waals surface area contributed by atoms with Crippen LogP contribution < -0.4 is 5.56 Å². The van der Waals surface area contributed by atoms with Gasteiger partial charge in [0.25, 0.3) is 5.56 Å². The molecule has 5 heteroatoms. The van der Waals surface area contributed by atoms with Crippen LogP contribution in [0.4, 0.5) is 0 Å². The van der Waals surface area contributed by atoms with Gasteiger partial charge in [-0.3, -0.25) is 14.9 Å². The van der Waals surface area contributed by atoms with Crippen LogP contribution in [0.25, 0.3) is 5.82 Å². The van der Waals surface area contributed by atoms with Crippen LogP contribution in [0.3, 0.4) is 0 Å². The van der Waals surface area contributed by atoms with Crippen molar-refractivity contribution >= 4 is 5.82 Å². The zero-order chi connectivity index (χ0) is 16.4. The molecule has 2 aromatic heterocycles. The Bertz CT molecular complexity index is 790. The average molecular weight is 310 g/mol. The summed E-state index contributed by atoms with van der Waals surface area (Å²) in [6.45, 7) is 7.23. The maximum absolute atomic E-state index is 12.8. The number of aromatic amines is 1. The van der Waals surface area contributed by atoms with Crippen LogP contribution in [-0.2, 0) is 6.42 Å². The predicted octanol–water partition coefficient (Wildman–Crippen LogP) is 2.63. The van der Waals surface area contributed by atoms with Crippen molar-refractivity contribution in [1.29, 1.82) is 0 Å². The van der Waals surface area contributed by atoms with E-state index in [0.717, 1.165) is 23.5 Å². The first-order chi connectivity index (χ1) is 11.0. The average Bonchev–Trinajstić information content (AvgIpc) is 2.88. The number of hydrogen-bond acceptors (Lipinski definition) is 3. The van der Waals surface area contributed by atoms with Gasteiger partial charge in [-0.2, -0.15) is 0 Å². The van der Waals surface area contributed by atoms with Crippen LogP contribution in [0, 0.1) is 0 Å². The lowest BCUT2D eigenvalue weighted by molar-refractivity contribution is 0.226. The topological polar surface area (TPSA) is 53.9 Å². The number of rotatable bonds is 3. The first-order valence-corrected chi connectivity index (χ1v) is 7.80. The van der Waals surface area contributed by atoms with Gasteiger partial charge in [-0.1, -0.05) is 12.2 Å². The fourth-order valence-electron chi connectivity index (χ4n) is 2.74. The minimum Gasteiger partial charge on any atom is -0.348 e. The summed E-state index contributed by atoms with van der Waals surface area (Å²) in [7, 11) is 0. The highest BCUT2D eigenvalue weighted by molar-refractivity contribution is 5.49. The molecule has 0 bridgehead atoms. The maximum atomic E-state index is 12.8. The highest BCUT2D eigenvalue weighted by Gasteiger charge is 2.26. The molecule has 0 radical (unpaired) electrons. The molecule has 0 saturated carbocycles. The normalized spacial score (nSPS) is 14.9. The molecule has 3 rings (SSSR count). The number of aromatic nitrogens is 3. The molecule has 1 aliphatic rings. The molecule has 1 aliphatic heterocycles. The lowest BCUT2D eigenvalue weighted by atomic mass is 10.0. The molecule has 0 unspecified atom stereocenters. The second-order valence-corrected chi connectivity index (χ2v) is 6.71. The summed E-state index contributed by atoms with van der Waals surface area (Å²) in [5.41, 5.74) is 1.76. The zero-order valence-electron chi connectivity index (χ0n) is 13.8. The number of pyridine rings is 1. The third kappa shape index (κ3) is 3.13. The lowest BCUT2D eigenvalue weighted by Crippen LogP contribution is -2.44. The Hall–Kier alpha value is -2.56. The quantitative estimate of drug-likeness (QED) is 0.948. The van der Waals surface area contributed by atoms with Crippen molar-refractivity contribution in [2.75, 3.05) is 6.54 Å². The molecule has 23 heavy (non-hydrogen) atoms. The molecule has 1 N–H and O–H groups in total. The first-order valence-electron chi connectivity index (χ1n) is 7.80. The largest absolute Gasteiger partial charge is 0.348 e. The van der Waals surface area contributed by atoms with Gasteiger partial charge >= 0.3 is 0 Å². The molecule has 2 aromatic rings. The van der Waals surface area contributed by atoms with Crippen LogP contribution in [-0.4, -0.2) is 31.7 Å². The van der Waals surface area contributed by atoms with Gasteiger partial charge in [-0.25, -0.2) is 4.68 Å². The van der Waals surface area contributed by atoms with Crippen LogP contribution in [0.1, 0.15) is 31.9 Å². The molecule has 0 fully saturated rings. The van der Waals surface area contributed by atoms with Crippen molar-refractivity contribution in [2.24, 2.45) is 0 Å². The second kappa shape index (κ2) is 5.91.